The van der Waals surface area contributed by atoms with Crippen molar-refractivity contribution in [1.82, 2.24) is 0 Å². The van der Waals surface area contributed by atoms with Gasteiger partial charge in [-0.3, -0.25) is 10.1 Å². The van der Waals surface area contributed by atoms with Gasteiger partial charge in [0, 0.05) is 17.4 Å². The number of nitro groups is 1. The molecule has 0 aromatic heterocycles. The van der Waals surface area contributed by atoms with Gasteiger partial charge < -0.3 is 18.9 Å². The molecule has 0 radical (unpaired) electrons. The standard InChI is InChI=1S/C21H21NO7/c1-20(2,3)19-28-18(23)21(29-19,14-7-5-4-6-8-14)11-13-9-16-17(27-12-26-16)10-15(13)22(24)25/h4-10,19H,11-12H2,1-3H3/t19-,21+/m1/s1. The number of esters is 1. The first kappa shape index (κ1) is 19.2. The third-order valence-corrected chi connectivity index (χ3v) is 5.01. The minimum absolute atomic E-state index is 0.00951. The zero-order valence-corrected chi connectivity index (χ0v) is 16.3. The van der Waals surface area contributed by atoms with E-state index in [1.807, 2.05) is 26.8 Å². The summed E-state index contributed by atoms with van der Waals surface area (Å²) in [5.74, 6) is 0.125. The normalized spacial score (nSPS) is 23.1. The summed E-state index contributed by atoms with van der Waals surface area (Å²) in [5, 5.41) is 11.7. The fourth-order valence-corrected chi connectivity index (χ4v) is 3.46. The van der Waals surface area contributed by atoms with E-state index in [1.54, 1.807) is 24.3 Å². The molecule has 0 bridgehead atoms. The number of fused-ring (bicyclic) bond motifs is 1. The van der Waals surface area contributed by atoms with Crippen molar-refractivity contribution in [3.63, 3.8) is 0 Å². The summed E-state index contributed by atoms with van der Waals surface area (Å²) in [6.07, 6.45) is -0.863. The number of benzene rings is 2. The van der Waals surface area contributed by atoms with Crippen molar-refractivity contribution in [3.8, 4) is 11.5 Å². The quantitative estimate of drug-likeness (QED) is 0.439. The van der Waals surface area contributed by atoms with E-state index >= 15 is 0 Å². The van der Waals surface area contributed by atoms with E-state index in [9.17, 15) is 14.9 Å². The van der Waals surface area contributed by atoms with Crippen molar-refractivity contribution in [1.29, 1.82) is 0 Å². The Balaban J connectivity index is 1.83. The number of hydrogen-bond donors (Lipinski definition) is 0. The van der Waals surface area contributed by atoms with Gasteiger partial charge in [-0.25, -0.2) is 4.79 Å². The maximum atomic E-state index is 13.1. The number of nitro benzene ring substituents is 1. The molecule has 1 saturated heterocycles. The van der Waals surface area contributed by atoms with E-state index in [2.05, 4.69) is 0 Å². The van der Waals surface area contributed by atoms with Gasteiger partial charge in [0.05, 0.1) is 11.0 Å². The first-order chi connectivity index (χ1) is 13.7. The van der Waals surface area contributed by atoms with Gasteiger partial charge in [0.2, 0.25) is 13.1 Å². The Hall–Kier alpha value is -3.13. The number of ether oxygens (including phenoxy) is 4. The van der Waals surface area contributed by atoms with E-state index in [0.717, 1.165) is 0 Å². The van der Waals surface area contributed by atoms with E-state index in [4.69, 9.17) is 18.9 Å². The smallest absolute Gasteiger partial charge is 0.345 e. The monoisotopic (exact) mass is 399 g/mol. The number of carbonyl (C=O) groups excluding carboxylic acids is 1. The Kier molecular flexibility index (Phi) is 4.46. The predicted octanol–water partition coefficient (Wildman–Crippen LogP) is 3.71. The van der Waals surface area contributed by atoms with Crippen LogP contribution in [0.25, 0.3) is 0 Å². The molecule has 2 aliphatic heterocycles. The lowest BCUT2D eigenvalue weighted by molar-refractivity contribution is -0.385. The zero-order chi connectivity index (χ0) is 20.8. The van der Waals surface area contributed by atoms with Crippen molar-refractivity contribution in [3.05, 3.63) is 63.7 Å². The number of rotatable bonds is 4. The fraction of sp³-hybridized carbons (Fsp3) is 0.381. The Bertz CT molecular complexity index is 967. The molecule has 0 amide bonds. The first-order valence-corrected chi connectivity index (χ1v) is 9.22. The SMILES string of the molecule is CC(C)(C)[C@@H]1OC(=O)[C@](Cc2cc3c(cc2[N+](=O)[O-])OCO3)(c2ccccc2)O1. The third kappa shape index (κ3) is 3.29. The number of hydrogen-bond acceptors (Lipinski definition) is 7. The largest absolute Gasteiger partial charge is 0.454 e. The van der Waals surface area contributed by atoms with Crippen LogP contribution in [0.15, 0.2) is 42.5 Å². The minimum Gasteiger partial charge on any atom is -0.454 e. The fourth-order valence-electron chi connectivity index (χ4n) is 3.46. The van der Waals surface area contributed by atoms with Crippen molar-refractivity contribution < 1.29 is 28.7 Å². The molecule has 152 valence electrons. The molecule has 8 heteroatoms. The van der Waals surface area contributed by atoms with E-state index in [1.165, 1.54) is 12.1 Å². The molecule has 8 nitrogen and oxygen atoms in total. The van der Waals surface area contributed by atoms with Crippen molar-refractivity contribution >= 4 is 11.7 Å². The van der Waals surface area contributed by atoms with Crippen LogP contribution in [0, 0.1) is 15.5 Å². The Morgan fingerprint density at radius 2 is 1.79 bits per heavy atom. The summed E-state index contributed by atoms with van der Waals surface area (Å²) in [7, 11) is 0. The molecule has 1 fully saturated rings. The van der Waals surface area contributed by atoms with Crippen LogP contribution in [0.2, 0.25) is 0 Å². The molecule has 0 spiro atoms. The van der Waals surface area contributed by atoms with Crippen LogP contribution in [0.1, 0.15) is 31.9 Å². The van der Waals surface area contributed by atoms with Crippen LogP contribution < -0.4 is 9.47 Å². The van der Waals surface area contributed by atoms with Crippen LogP contribution in [0.5, 0.6) is 11.5 Å². The summed E-state index contributed by atoms with van der Waals surface area (Å²) in [6.45, 7) is 5.68. The number of carbonyl (C=O) groups is 1. The maximum absolute atomic E-state index is 13.1. The molecular formula is C21H21NO7. The van der Waals surface area contributed by atoms with Crippen molar-refractivity contribution in [2.24, 2.45) is 5.41 Å². The summed E-state index contributed by atoms with van der Waals surface area (Å²) >= 11 is 0. The van der Waals surface area contributed by atoms with Gasteiger partial charge in [-0.2, -0.15) is 0 Å². The minimum atomic E-state index is -1.50. The second kappa shape index (κ2) is 6.73. The molecular weight excluding hydrogens is 378 g/mol. The van der Waals surface area contributed by atoms with Gasteiger partial charge in [-0.1, -0.05) is 51.1 Å². The highest BCUT2D eigenvalue weighted by Crippen LogP contribution is 2.46. The molecule has 2 atom stereocenters. The van der Waals surface area contributed by atoms with Crippen LogP contribution in [0.3, 0.4) is 0 Å². The van der Waals surface area contributed by atoms with Gasteiger partial charge in [0.25, 0.3) is 5.69 Å². The zero-order valence-electron chi connectivity index (χ0n) is 16.3. The van der Waals surface area contributed by atoms with Gasteiger partial charge in [0.15, 0.2) is 17.1 Å². The van der Waals surface area contributed by atoms with Gasteiger partial charge in [-0.15, -0.1) is 0 Å². The first-order valence-electron chi connectivity index (χ1n) is 9.22. The summed E-state index contributed by atoms with van der Waals surface area (Å²) < 4.78 is 22.4. The molecule has 4 rings (SSSR count). The van der Waals surface area contributed by atoms with E-state index in [-0.39, 0.29) is 18.9 Å². The van der Waals surface area contributed by atoms with Crippen LogP contribution in [-0.2, 0) is 26.3 Å². The van der Waals surface area contributed by atoms with Crippen LogP contribution >= 0.6 is 0 Å². The van der Waals surface area contributed by atoms with Crippen molar-refractivity contribution in [2.75, 3.05) is 6.79 Å². The molecule has 0 aliphatic carbocycles. The molecule has 0 N–H and O–H groups in total. The predicted molar refractivity (Wildman–Crippen MR) is 101 cm³/mol. The van der Waals surface area contributed by atoms with E-state index in [0.29, 0.717) is 22.6 Å². The van der Waals surface area contributed by atoms with Gasteiger partial charge in [0.1, 0.15) is 0 Å². The van der Waals surface area contributed by atoms with E-state index < -0.39 is 28.2 Å². The molecule has 2 aromatic rings. The Labute approximate surface area is 167 Å². The number of cyclic esters (lactones) is 1. The molecule has 29 heavy (non-hydrogen) atoms. The molecule has 2 aromatic carbocycles. The van der Waals surface area contributed by atoms with Crippen molar-refractivity contribution in [2.45, 2.75) is 39.1 Å². The topological polar surface area (TPSA) is 97.1 Å². The average molecular weight is 399 g/mol. The van der Waals surface area contributed by atoms with Gasteiger partial charge in [-0.05, 0) is 11.6 Å². The lowest BCUT2D eigenvalue weighted by Crippen LogP contribution is -2.37. The summed E-state index contributed by atoms with van der Waals surface area (Å²) in [4.78, 5) is 24.3. The second-order valence-electron chi connectivity index (χ2n) is 8.18. The molecule has 2 aliphatic rings. The summed E-state index contributed by atoms with van der Waals surface area (Å²) in [6, 6.07) is 11.8. The highest BCUT2D eigenvalue weighted by Gasteiger charge is 2.55. The lowest BCUT2D eigenvalue weighted by Gasteiger charge is -2.29. The molecule has 2 heterocycles. The highest BCUT2D eigenvalue weighted by atomic mass is 16.8. The maximum Gasteiger partial charge on any atom is 0.345 e. The average Bonchev–Trinajstić information content (AvgIpc) is 3.26. The molecule has 0 saturated carbocycles. The molecule has 0 unspecified atom stereocenters. The second-order valence-corrected chi connectivity index (χ2v) is 8.18. The van der Waals surface area contributed by atoms with Gasteiger partial charge >= 0.3 is 5.97 Å². The third-order valence-electron chi connectivity index (χ3n) is 5.01. The lowest BCUT2D eigenvalue weighted by atomic mass is 9.86. The van der Waals surface area contributed by atoms with Crippen LogP contribution in [0.4, 0.5) is 5.69 Å². The summed E-state index contributed by atoms with van der Waals surface area (Å²) in [5.41, 5.74) is -1.26. The Morgan fingerprint density at radius 3 is 2.38 bits per heavy atom. The number of nitrogens with zero attached hydrogens (tertiary/aromatic N) is 1. The van der Waals surface area contributed by atoms with Crippen LogP contribution in [-0.4, -0.2) is 24.0 Å². The Morgan fingerprint density at radius 1 is 1.14 bits per heavy atom. The highest BCUT2D eigenvalue weighted by molar-refractivity contribution is 5.84.